The minimum Gasteiger partial charge on any atom is -0.492 e. The number of aryl methyl sites for hydroxylation is 1. The molecule has 0 unspecified atom stereocenters. The first-order valence-corrected chi connectivity index (χ1v) is 11.6. The van der Waals surface area contributed by atoms with Crippen LogP contribution >= 0.6 is 11.3 Å². The highest BCUT2D eigenvalue weighted by atomic mass is 32.1. The van der Waals surface area contributed by atoms with Gasteiger partial charge in [0.1, 0.15) is 5.82 Å². The van der Waals surface area contributed by atoms with Crippen molar-refractivity contribution in [2.75, 3.05) is 13.1 Å². The number of halogens is 2. The molecule has 0 amide bonds. The average Bonchev–Trinajstić information content (AvgIpc) is 3.30. The molecule has 0 bridgehead atoms. The number of piperidine rings is 1. The summed E-state index contributed by atoms with van der Waals surface area (Å²) in [6.07, 6.45) is 3.02. The van der Waals surface area contributed by atoms with Gasteiger partial charge in [0.15, 0.2) is 11.6 Å². The lowest BCUT2D eigenvalue weighted by Gasteiger charge is -2.37. The van der Waals surface area contributed by atoms with Gasteiger partial charge in [-0.15, -0.1) is 5.10 Å². The van der Waals surface area contributed by atoms with Gasteiger partial charge < -0.3 is 5.11 Å². The summed E-state index contributed by atoms with van der Waals surface area (Å²) >= 11 is 1.34. The van der Waals surface area contributed by atoms with Gasteiger partial charge in [0.05, 0.1) is 10.9 Å². The molecule has 5 rings (SSSR count). The molecular weight excluding hydrogens is 430 g/mol. The van der Waals surface area contributed by atoms with Crippen LogP contribution in [0.5, 0.6) is 5.88 Å². The van der Waals surface area contributed by atoms with Gasteiger partial charge in [0.25, 0.3) is 0 Å². The summed E-state index contributed by atoms with van der Waals surface area (Å²) in [5, 5.41) is 15.2. The van der Waals surface area contributed by atoms with E-state index in [0.29, 0.717) is 27.1 Å². The predicted octanol–water partition coefficient (Wildman–Crippen LogP) is 5.13. The maximum atomic E-state index is 14.1. The molecule has 2 aromatic heterocycles. The second-order valence-corrected chi connectivity index (χ2v) is 9.40. The fraction of sp³-hybridized carbons (Fsp3) is 0.333. The molecule has 8 heteroatoms. The first-order chi connectivity index (χ1) is 15.5. The highest BCUT2D eigenvalue weighted by Gasteiger charge is 2.32. The number of fused-ring (bicyclic) bond motifs is 1. The zero-order valence-corrected chi connectivity index (χ0v) is 18.5. The van der Waals surface area contributed by atoms with Crippen LogP contribution in [0.15, 0.2) is 48.5 Å². The van der Waals surface area contributed by atoms with Crippen LogP contribution in [0, 0.1) is 24.5 Å². The maximum absolute atomic E-state index is 14.1. The van der Waals surface area contributed by atoms with Crippen molar-refractivity contribution in [3.8, 4) is 5.88 Å². The number of aromatic hydroxyl groups is 1. The van der Waals surface area contributed by atoms with Crippen molar-refractivity contribution >= 4 is 16.3 Å². The second kappa shape index (κ2) is 8.60. The number of aromatic nitrogens is 3. The quantitative estimate of drug-likeness (QED) is 0.454. The largest absolute Gasteiger partial charge is 0.492 e. The molecule has 1 fully saturated rings. The summed E-state index contributed by atoms with van der Waals surface area (Å²) in [6.45, 7) is 3.36. The van der Waals surface area contributed by atoms with Gasteiger partial charge >= 0.3 is 0 Å². The summed E-state index contributed by atoms with van der Waals surface area (Å²) in [7, 11) is 0. The lowest BCUT2D eigenvalue weighted by molar-refractivity contribution is 0.150. The van der Waals surface area contributed by atoms with Crippen LogP contribution in [0.4, 0.5) is 8.78 Å². The lowest BCUT2D eigenvalue weighted by atomic mass is 9.88. The van der Waals surface area contributed by atoms with E-state index in [0.717, 1.165) is 38.4 Å². The third-order valence-electron chi connectivity index (χ3n) is 6.19. The number of nitrogens with zero attached hydrogens (tertiary/aromatic N) is 4. The molecule has 3 heterocycles. The molecule has 32 heavy (non-hydrogen) atoms. The minimum atomic E-state index is -0.888. The van der Waals surface area contributed by atoms with Crippen molar-refractivity contribution < 1.29 is 13.9 Å². The van der Waals surface area contributed by atoms with Crippen LogP contribution in [0.2, 0.25) is 0 Å². The minimum absolute atomic E-state index is 0.00624. The molecule has 2 aromatic carbocycles. The van der Waals surface area contributed by atoms with Crippen LogP contribution in [0.25, 0.3) is 4.96 Å². The Hall–Kier alpha value is -2.84. The smallest absolute Gasteiger partial charge is 0.230 e. The molecule has 1 atom stereocenters. The van der Waals surface area contributed by atoms with Crippen LogP contribution in [0.1, 0.15) is 40.7 Å². The van der Waals surface area contributed by atoms with Crippen molar-refractivity contribution in [3.05, 3.63) is 82.0 Å². The zero-order valence-electron chi connectivity index (χ0n) is 17.7. The first-order valence-electron chi connectivity index (χ1n) is 10.8. The highest BCUT2D eigenvalue weighted by Crippen LogP contribution is 2.41. The van der Waals surface area contributed by atoms with Crippen molar-refractivity contribution in [2.45, 2.75) is 32.2 Å². The average molecular weight is 455 g/mol. The molecule has 0 radical (unpaired) electrons. The molecule has 1 saturated heterocycles. The highest BCUT2D eigenvalue weighted by molar-refractivity contribution is 7.17. The fourth-order valence-corrected chi connectivity index (χ4v) is 5.76. The Kier molecular flexibility index (Phi) is 5.65. The van der Waals surface area contributed by atoms with E-state index in [-0.39, 0.29) is 5.88 Å². The van der Waals surface area contributed by atoms with Gasteiger partial charge in [-0.25, -0.2) is 13.8 Å². The number of hydrogen-bond acceptors (Lipinski definition) is 5. The Morgan fingerprint density at radius 3 is 2.53 bits per heavy atom. The molecule has 1 aliphatic rings. The summed E-state index contributed by atoms with van der Waals surface area (Å²) in [4.78, 5) is 7.84. The third kappa shape index (κ3) is 4.00. The van der Waals surface area contributed by atoms with E-state index in [2.05, 4.69) is 39.2 Å². The molecule has 1 aliphatic heterocycles. The van der Waals surface area contributed by atoms with E-state index >= 15 is 0 Å². The molecule has 4 aromatic rings. The van der Waals surface area contributed by atoms with Crippen LogP contribution in [-0.2, 0) is 6.42 Å². The Morgan fingerprint density at radius 1 is 1.09 bits per heavy atom. The normalized spacial score (nSPS) is 16.6. The van der Waals surface area contributed by atoms with E-state index in [1.54, 1.807) is 13.0 Å². The van der Waals surface area contributed by atoms with Crippen molar-refractivity contribution in [1.29, 1.82) is 0 Å². The zero-order chi connectivity index (χ0) is 22.2. The van der Waals surface area contributed by atoms with E-state index in [1.165, 1.54) is 27.5 Å². The van der Waals surface area contributed by atoms with Crippen molar-refractivity contribution in [3.63, 3.8) is 0 Å². The van der Waals surface area contributed by atoms with Gasteiger partial charge in [-0.05, 0) is 68.5 Å². The first kappa shape index (κ1) is 21.0. The van der Waals surface area contributed by atoms with Crippen LogP contribution < -0.4 is 0 Å². The number of thiazole rings is 1. The molecule has 0 saturated carbocycles. The van der Waals surface area contributed by atoms with Gasteiger partial charge in [-0.1, -0.05) is 47.7 Å². The van der Waals surface area contributed by atoms with Crippen molar-refractivity contribution in [1.82, 2.24) is 19.5 Å². The third-order valence-corrected chi connectivity index (χ3v) is 7.27. The second-order valence-electron chi connectivity index (χ2n) is 8.39. The summed E-state index contributed by atoms with van der Waals surface area (Å²) in [6, 6.07) is 14.1. The molecular formula is C24H24F2N4OS. The van der Waals surface area contributed by atoms with E-state index < -0.39 is 17.7 Å². The maximum Gasteiger partial charge on any atom is 0.230 e. The number of rotatable bonds is 5. The SMILES string of the molecule is Cc1nc2sc([C@@H](c3ccc(F)c(F)c3)N3CCC(Cc4ccccc4)CC3)c(O)n2n1. The molecule has 5 nitrogen and oxygen atoms in total. The number of benzene rings is 2. The summed E-state index contributed by atoms with van der Waals surface area (Å²) in [5.74, 6) is -0.619. The molecule has 1 N–H and O–H groups in total. The van der Waals surface area contributed by atoms with E-state index in [1.807, 2.05) is 6.07 Å². The Labute approximate surface area is 189 Å². The van der Waals surface area contributed by atoms with Gasteiger partial charge in [0.2, 0.25) is 10.8 Å². The molecule has 166 valence electrons. The Bertz CT molecular complexity index is 1230. The summed E-state index contributed by atoms with van der Waals surface area (Å²) in [5.41, 5.74) is 1.95. The van der Waals surface area contributed by atoms with Gasteiger partial charge in [-0.2, -0.15) is 4.52 Å². The van der Waals surface area contributed by atoms with Crippen molar-refractivity contribution in [2.24, 2.45) is 5.92 Å². The van der Waals surface area contributed by atoms with E-state index in [4.69, 9.17) is 0 Å². The standard InChI is InChI=1S/C24H24F2N4OS/c1-15-27-24-30(28-15)23(31)22(32-24)21(18-7-8-19(25)20(26)14-18)29-11-9-17(10-12-29)13-16-5-3-2-4-6-16/h2-8,14,17,21,31H,9-13H2,1H3/t21-/m1/s1. The molecule has 0 spiro atoms. The van der Waals surface area contributed by atoms with E-state index in [9.17, 15) is 13.9 Å². The molecule has 0 aliphatic carbocycles. The Morgan fingerprint density at radius 2 is 1.84 bits per heavy atom. The monoisotopic (exact) mass is 454 g/mol. The van der Waals surface area contributed by atoms with Crippen LogP contribution in [0.3, 0.4) is 0 Å². The number of hydrogen-bond donors (Lipinski definition) is 1. The Balaban J connectivity index is 1.44. The van der Waals surface area contributed by atoms with Gasteiger partial charge in [0, 0.05) is 0 Å². The van der Waals surface area contributed by atoms with Crippen LogP contribution in [-0.4, -0.2) is 37.7 Å². The topological polar surface area (TPSA) is 53.7 Å². The summed E-state index contributed by atoms with van der Waals surface area (Å²) < 4.78 is 29.2. The predicted molar refractivity (Wildman–Crippen MR) is 120 cm³/mol. The van der Waals surface area contributed by atoms with Gasteiger partial charge in [-0.3, -0.25) is 4.90 Å². The fourth-order valence-electron chi connectivity index (χ4n) is 4.60. The lowest BCUT2D eigenvalue weighted by Crippen LogP contribution is -2.37. The number of likely N-dealkylation sites (tertiary alicyclic amines) is 1.